The highest BCUT2D eigenvalue weighted by Gasteiger charge is 2.28. The van der Waals surface area contributed by atoms with Gasteiger partial charge in [0.25, 0.3) is 0 Å². The van der Waals surface area contributed by atoms with Gasteiger partial charge in [0.1, 0.15) is 6.61 Å². The third kappa shape index (κ3) is 3.68. The van der Waals surface area contributed by atoms with Gasteiger partial charge in [-0.15, -0.1) is 0 Å². The Labute approximate surface area is 97.6 Å². The van der Waals surface area contributed by atoms with Crippen LogP contribution in [0.5, 0.6) is 0 Å². The summed E-state index contributed by atoms with van der Waals surface area (Å²) in [7, 11) is 0. The Morgan fingerprint density at radius 3 is 2.67 bits per heavy atom. The Morgan fingerprint density at radius 2 is 2.20 bits per heavy atom. The van der Waals surface area contributed by atoms with E-state index in [9.17, 15) is 4.79 Å². The molecule has 4 heteroatoms. The van der Waals surface area contributed by atoms with E-state index in [-0.39, 0.29) is 17.9 Å². The number of thiol groups is 1. The maximum atomic E-state index is 11.5. The van der Waals surface area contributed by atoms with Crippen molar-refractivity contribution in [2.24, 2.45) is 11.3 Å². The van der Waals surface area contributed by atoms with Crippen LogP contribution < -0.4 is 0 Å². The largest absolute Gasteiger partial charge is 0.370 e. The molecule has 0 aliphatic carbocycles. The van der Waals surface area contributed by atoms with E-state index in [4.69, 9.17) is 4.74 Å². The van der Waals surface area contributed by atoms with Gasteiger partial charge in [0.05, 0.1) is 6.61 Å². The maximum absolute atomic E-state index is 11.5. The normalized spacial score (nSPS) is 20.5. The molecule has 1 aliphatic rings. The second kappa shape index (κ2) is 5.21. The molecule has 1 unspecified atom stereocenters. The summed E-state index contributed by atoms with van der Waals surface area (Å²) in [6.07, 6.45) is 0. The SMILES string of the molecule is CC(C)(C)C(CS)CN1CCOCC1=O. The van der Waals surface area contributed by atoms with E-state index in [1.807, 2.05) is 4.90 Å². The number of ether oxygens (including phenoxy) is 1. The molecule has 0 aromatic heterocycles. The minimum atomic E-state index is 0.109. The summed E-state index contributed by atoms with van der Waals surface area (Å²) in [4.78, 5) is 13.4. The molecule has 15 heavy (non-hydrogen) atoms. The highest BCUT2D eigenvalue weighted by Crippen LogP contribution is 2.27. The van der Waals surface area contributed by atoms with Crippen molar-refractivity contribution in [3.63, 3.8) is 0 Å². The van der Waals surface area contributed by atoms with Gasteiger partial charge in [-0.05, 0) is 17.1 Å². The van der Waals surface area contributed by atoms with Crippen LogP contribution in [0.4, 0.5) is 0 Å². The first-order valence-corrected chi connectivity index (χ1v) is 6.04. The minimum absolute atomic E-state index is 0.109. The van der Waals surface area contributed by atoms with Gasteiger partial charge < -0.3 is 9.64 Å². The Hall–Kier alpha value is -0.220. The fraction of sp³-hybridized carbons (Fsp3) is 0.909. The molecule has 1 rings (SSSR count). The summed E-state index contributed by atoms with van der Waals surface area (Å²) < 4.78 is 5.10. The molecule has 0 radical (unpaired) electrons. The van der Waals surface area contributed by atoms with Crippen LogP contribution in [0.15, 0.2) is 0 Å². The molecule has 1 atom stereocenters. The maximum Gasteiger partial charge on any atom is 0.248 e. The number of carbonyl (C=O) groups excluding carboxylic acids is 1. The number of hydrogen-bond donors (Lipinski definition) is 1. The molecular weight excluding hydrogens is 210 g/mol. The Morgan fingerprint density at radius 1 is 1.53 bits per heavy atom. The molecule has 88 valence electrons. The molecule has 0 aromatic rings. The van der Waals surface area contributed by atoms with Gasteiger partial charge in [0.15, 0.2) is 0 Å². The molecule has 1 amide bonds. The van der Waals surface area contributed by atoms with Crippen molar-refractivity contribution in [3.05, 3.63) is 0 Å². The lowest BCUT2D eigenvalue weighted by atomic mass is 9.81. The number of amides is 1. The standard InChI is InChI=1S/C11H21NO2S/c1-11(2,3)9(8-15)6-12-4-5-14-7-10(12)13/h9,15H,4-8H2,1-3H3. The summed E-state index contributed by atoms with van der Waals surface area (Å²) in [5, 5.41) is 0. The molecule has 3 nitrogen and oxygen atoms in total. The van der Waals surface area contributed by atoms with Gasteiger partial charge in [-0.3, -0.25) is 4.79 Å². The van der Waals surface area contributed by atoms with E-state index in [1.165, 1.54) is 0 Å². The van der Waals surface area contributed by atoms with Crippen LogP contribution in [0.3, 0.4) is 0 Å². The Kier molecular flexibility index (Phi) is 4.46. The minimum Gasteiger partial charge on any atom is -0.370 e. The molecule has 0 aromatic carbocycles. The van der Waals surface area contributed by atoms with E-state index >= 15 is 0 Å². The van der Waals surface area contributed by atoms with Gasteiger partial charge in [-0.1, -0.05) is 20.8 Å². The second-order valence-corrected chi connectivity index (χ2v) is 5.50. The fourth-order valence-electron chi connectivity index (χ4n) is 1.61. The van der Waals surface area contributed by atoms with E-state index in [0.717, 1.165) is 18.8 Å². The molecule has 1 aliphatic heterocycles. The number of carbonyl (C=O) groups is 1. The van der Waals surface area contributed by atoms with Gasteiger partial charge in [0.2, 0.25) is 5.91 Å². The topological polar surface area (TPSA) is 29.5 Å². The molecule has 1 heterocycles. The quantitative estimate of drug-likeness (QED) is 0.745. The summed E-state index contributed by atoms with van der Waals surface area (Å²) in [5.74, 6) is 1.36. The zero-order valence-electron chi connectivity index (χ0n) is 9.82. The van der Waals surface area contributed by atoms with Crippen molar-refractivity contribution < 1.29 is 9.53 Å². The van der Waals surface area contributed by atoms with Crippen LogP contribution >= 0.6 is 12.6 Å². The number of hydrogen-bond acceptors (Lipinski definition) is 3. The fourth-order valence-corrected chi connectivity index (χ4v) is 2.28. The van der Waals surface area contributed by atoms with Gasteiger partial charge in [-0.25, -0.2) is 0 Å². The third-order valence-corrected chi connectivity index (χ3v) is 3.41. The highest BCUT2D eigenvalue weighted by atomic mass is 32.1. The summed E-state index contributed by atoms with van der Waals surface area (Å²) in [6.45, 7) is 9.00. The average molecular weight is 231 g/mol. The van der Waals surface area contributed by atoms with Crippen molar-refractivity contribution in [2.75, 3.05) is 32.1 Å². The lowest BCUT2D eigenvalue weighted by Gasteiger charge is -2.36. The Bertz CT molecular complexity index is 225. The van der Waals surface area contributed by atoms with Crippen LogP contribution in [0.25, 0.3) is 0 Å². The van der Waals surface area contributed by atoms with Crippen molar-refractivity contribution in [3.8, 4) is 0 Å². The van der Waals surface area contributed by atoms with Crippen molar-refractivity contribution in [1.82, 2.24) is 4.90 Å². The molecule has 0 spiro atoms. The lowest BCUT2D eigenvalue weighted by Crippen LogP contribution is -2.46. The summed E-state index contributed by atoms with van der Waals surface area (Å²) in [6, 6.07) is 0. The summed E-state index contributed by atoms with van der Waals surface area (Å²) in [5.41, 5.74) is 0.195. The van der Waals surface area contributed by atoms with Gasteiger partial charge in [-0.2, -0.15) is 12.6 Å². The zero-order valence-corrected chi connectivity index (χ0v) is 10.7. The summed E-state index contributed by atoms with van der Waals surface area (Å²) >= 11 is 4.37. The zero-order chi connectivity index (χ0) is 11.5. The van der Waals surface area contributed by atoms with Crippen LogP contribution in [0.1, 0.15) is 20.8 Å². The molecular formula is C11H21NO2S. The van der Waals surface area contributed by atoms with Crippen LogP contribution in [-0.2, 0) is 9.53 Å². The number of rotatable bonds is 3. The predicted octanol–water partition coefficient (Wildman–Crippen LogP) is 1.44. The number of morpholine rings is 1. The van der Waals surface area contributed by atoms with E-state index in [1.54, 1.807) is 0 Å². The van der Waals surface area contributed by atoms with E-state index < -0.39 is 0 Å². The predicted molar refractivity (Wildman–Crippen MR) is 64.2 cm³/mol. The first kappa shape index (κ1) is 12.8. The third-order valence-electron chi connectivity index (χ3n) is 2.97. The van der Waals surface area contributed by atoms with Crippen LogP contribution in [0, 0.1) is 11.3 Å². The lowest BCUT2D eigenvalue weighted by molar-refractivity contribution is -0.143. The van der Waals surface area contributed by atoms with Gasteiger partial charge >= 0.3 is 0 Å². The first-order valence-electron chi connectivity index (χ1n) is 5.41. The average Bonchev–Trinajstić information content (AvgIpc) is 2.14. The second-order valence-electron chi connectivity index (χ2n) is 5.14. The monoisotopic (exact) mass is 231 g/mol. The van der Waals surface area contributed by atoms with Crippen LogP contribution in [-0.4, -0.2) is 42.9 Å². The molecule has 0 bridgehead atoms. The van der Waals surface area contributed by atoms with Gasteiger partial charge in [0, 0.05) is 13.1 Å². The first-order chi connectivity index (χ1) is 6.95. The molecule has 1 fully saturated rings. The molecule has 1 saturated heterocycles. The van der Waals surface area contributed by atoms with E-state index in [2.05, 4.69) is 33.4 Å². The van der Waals surface area contributed by atoms with Crippen molar-refractivity contribution >= 4 is 18.5 Å². The molecule has 0 N–H and O–H groups in total. The number of nitrogens with zero attached hydrogens (tertiary/aromatic N) is 1. The van der Waals surface area contributed by atoms with Crippen molar-refractivity contribution in [1.29, 1.82) is 0 Å². The highest BCUT2D eigenvalue weighted by molar-refractivity contribution is 7.80. The Balaban J connectivity index is 2.54. The van der Waals surface area contributed by atoms with Crippen molar-refractivity contribution in [2.45, 2.75) is 20.8 Å². The smallest absolute Gasteiger partial charge is 0.248 e. The van der Waals surface area contributed by atoms with E-state index in [0.29, 0.717) is 12.5 Å². The van der Waals surface area contributed by atoms with Crippen LogP contribution in [0.2, 0.25) is 0 Å². The molecule has 0 saturated carbocycles.